The van der Waals surface area contributed by atoms with Crippen molar-refractivity contribution in [2.75, 3.05) is 6.61 Å². The molecule has 9 nitrogen and oxygen atoms in total. The third kappa shape index (κ3) is 9.35. The van der Waals surface area contributed by atoms with Crippen LogP contribution in [0.25, 0.3) is 24.3 Å². The first-order chi connectivity index (χ1) is 20.5. The highest BCUT2D eigenvalue weighted by Gasteiger charge is 2.38. The number of aliphatic hydroxyl groups is 3. The third-order valence-corrected chi connectivity index (χ3v) is 6.45. The Kier molecular flexibility index (Phi) is 10.4. The van der Waals surface area contributed by atoms with Crippen LogP contribution >= 0.6 is 0 Å². The van der Waals surface area contributed by atoms with Gasteiger partial charge in [0.05, 0.1) is 6.61 Å². The van der Waals surface area contributed by atoms with Gasteiger partial charge >= 0.3 is 0 Å². The Morgan fingerprint density at radius 2 is 1.00 bits per heavy atom. The van der Waals surface area contributed by atoms with Gasteiger partial charge < -0.3 is 45.2 Å². The van der Waals surface area contributed by atoms with Crippen molar-refractivity contribution in [3.8, 4) is 28.7 Å². The van der Waals surface area contributed by atoms with Gasteiger partial charge in [-0.2, -0.15) is 0 Å². The number of hydrogen-bond acceptors (Lipinski definition) is 9. The summed E-state index contributed by atoms with van der Waals surface area (Å²) in [6, 6.07) is 23.8. The van der Waals surface area contributed by atoms with E-state index in [-0.39, 0.29) is 29.6 Å². The first kappa shape index (κ1) is 31.1. The summed E-state index contributed by atoms with van der Waals surface area (Å²) in [4.78, 5) is 0. The maximum absolute atomic E-state index is 9.87. The molecule has 43 heavy (non-hydrogen) atoms. The van der Waals surface area contributed by atoms with E-state index in [1.165, 1.54) is 29.8 Å². The Balaban J connectivity index is 0.000000215. The number of benzene rings is 4. The highest BCUT2D eigenvalue weighted by Crippen LogP contribution is 2.24. The van der Waals surface area contributed by atoms with Crippen LogP contribution < -0.4 is 4.74 Å². The second kappa shape index (κ2) is 14.4. The molecule has 9 heteroatoms. The predicted octanol–water partition coefficient (Wildman–Crippen LogP) is 4.66. The molecule has 0 saturated carbocycles. The molecule has 0 radical (unpaired) electrons. The number of aliphatic hydroxyl groups excluding tert-OH is 3. The summed E-state index contributed by atoms with van der Waals surface area (Å²) in [7, 11) is 0. The fourth-order valence-corrected chi connectivity index (χ4v) is 4.17. The fraction of sp³-hybridized carbons (Fsp3) is 0.176. The minimum Gasteiger partial charge on any atom is -0.508 e. The zero-order chi connectivity index (χ0) is 30.9. The molecule has 0 amide bonds. The quantitative estimate of drug-likeness (QED) is 0.159. The molecule has 0 bridgehead atoms. The van der Waals surface area contributed by atoms with Crippen LogP contribution in [0.15, 0.2) is 84.9 Å². The summed E-state index contributed by atoms with van der Waals surface area (Å²) >= 11 is 0. The van der Waals surface area contributed by atoms with Gasteiger partial charge in [0.25, 0.3) is 0 Å². The molecule has 0 spiro atoms. The van der Waals surface area contributed by atoms with Gasteiger partial charge in [-0.05, 0) is 65.6 Å². The van der Waals surface area contributed by atoms with Gasteiger partial charge in [0.2, 0.25) is 6.29 Å². The van der Waals surface area contributed by atoms with Gasteiger partial charge in [-0.25, -0.2) is 0 Å². The lowest BCUT2D eigenvalue weighted by Gasteiger charge is -2.34. The Labute approximate surface area is 249 Å². The molecule has 1 saturated heterocycles. The van der Waals surface area contributed by atoms with E-state index < -0.39 is 24.6 Å². The van der Waals surface area contributed by atoms with Crippen molar-refractivity contribution in [2.45, 2.75) is 31.5 Å². The first-order valence-corrected chi connectivity index (χ1v) is 13.5. The van der Waals surface area contributed by atoms with E-state index in [1.54, 1.807) is 48.6 Å². The maximum atomic E-state index is 9.87. The fourth-order valence-electron chi connectivity index (χ4n) is 4.17. The smallest absolute Gasteiger partial charge is 0.228 e. The van der Waals surface area contributed by atoms with Gasteiger partial charge in [-0.15, -0.1) is 0 Å². The van der Waals surface area contributed by atoms with E-state index in [9.17, 15) is 35.7 Å². The summed E-state index contributed by atoms with van der Waals surface area (Å²) in [5, 5.41) is 66.5. The molecule has 1 aliphatic heterocycles. The van der Waals surface area contributed by atoms with E-state index in [0.29, 0.717) is 11.3 Å². The number of ether oxygens (including phenoxy) is 2. The van der Waals surface area contributed by atoms with Gasteiger partial charge in [0.1, 0.15) is 47.1 Å². The lowest BCUT2D eigenvalue weighted by Crippen LogP contribution is -2.54. The first-order valence-electron chi connectivity index (χ1n) is 13.5. The Hall–Kier alpha value is -4.80. The third-order valence-electron chi connectivity index (χ3n) is 6.45. The van der Waals surface area contributed by atoms with Gasteiger partial charge in [0.15, 0.2) is 0 Å². The lowest BCUT2D eigenvalue weighted by atomic mass is 10.1. The van der Waals surface area contributed by atoms with Crippen LogP contribution in [0.4, 0.5) is 0 Å². The van der Waals surface area contributed by atoms with E-state index in [2.05, 4.69) is 0 Å². The number of rotatable bonds is 6. The van der Waals surface area contributed by atoms with Crippen molar-refractivity contribution in [1.82, 2.24) is 0 Å². The summed E-state index contributed by atoms with van der Waals surface area (Å²) < 4.78 is 10.7. The number of aryl methyl sites for hydroxylation is 1. The summed E-state index contributed by atoms with van der Waals surface area (Å²) in [6.45, 7) is 1.92. The molecule has 1 unspecified atom stereocenters. The van der Waals surface area contributed by atoms with E-state index >= 15 is 0 Å². The van der Waals surface area contributed by atoms with Gasteiger partial charge in [0, 0.05) is 12.1 Å². The topological polar surface area (TPSA) is 160 Å². The van der Waals surface area contributed by atoms with Crippen molar-refractivity contribution >= 4 is 24.3 Å². The second-order valence-corrected chi connectivity index (χ2v) is 10.1. The lowest BCUT2D eigenvalue weighted by molar-refractivity contribution is -0.242. The standard InChI is InChI=1S/C19H20O7.C15H14O2/c20-13-7-12(8-14(21)9-13)2-1-11-3-5-15(6-4-11)26-19-18(24)17(23)16(22)10-25-19;1-11-2-4-12(5-3-11)6-7-13-8-14(16)10-15(17)9-13/h1-9,16-24H,10H2;2-10,16-17H,1H3/b2-1-;7-6-/t16-,17+,18-,19?;/m1./s1. The van der Waals surface area contributed by atoms with Crippen LogP contribution in [0.3, 0.4) is 0 Å². The minimum absolute atomic E-state index is 0.0215. The molecular weight excluding hydrogens is 552 g/mol. The van der Waals surface area contributed by atoms with Gasteiger partial charge in [-0.3, -0.25) is 0 Å². The van der Waals surface area contributed by atoms with Crippen LogP contribution in [-0.4, -0.2) is 67.0 Å². The number of hydrogen-bond donors (Lipinski definition) is 7. The summed E-state index contributed by atoms with van der Waals surface area (Å²) in [5.41, 5.74) is 4.56. The van der Waals surface area contributed by atoms with Crippen molar-refractivity contribution in [3.05, 3.63) is 113 Å². The van der Waals surface area contributed by atoms with Crippen molar-refractivity contribution in [1.29, 1.82) is 0 Å². The molecule has 224 valence electrons. The van der Waals surface area contributed by atoms with Crippen LogP contribution in [0.5, 0.6) is 28.7 Å². The largest absolute Gasteiger partial charge is 0.508 e. The molecule has 0 aliphatic carbocycles. The van der Waals surface area contributed by atoms with Crippen molar-refractivity contribution in [3.63, 3.8) is 0 Å². The number of aromatic hydroxyl groups is 4. The van der Waals surface area contributed by atoms with Crippen LogP contribution in [-0.2, 0) is 4.74 Å². The maximum Gasteiger partial charge on any atom is 0.228 e. The molecule has 4 atom stereocenters. The van der Waals surface area contributed by atoms with Crippen LogP contribution in [0.1, 0.15) is 27.8 Å². The Morgan fingerprint density at radius 3 is 1.47 bits per heavy atom. The monoisotopic (exact) mass is 586 g/mol. The molecule has 1 heterocycles. The average molecular weight is 587 g/mol. The second-order valence-electron chi connectivity index (χ2n) is 10.1. The highest BCUT2D eigenvalue weighted by atomic mass is 16.7. The molecule has 1 fully saturated rings. The zero-order valence-corrected chi connectivity index (χ0v) is 23.4. The number of phenols is 4. The zero-order valence-electron chi connectivity index (χ0n) is 23.4. The van der Waals surface area contributed by atoms with Crippen molar-refractivity contribution in [2.24, 2.45) is 0 Å². The van der Waals surface area contributed by atoms with E-state index in [4.69, 9.17) is 9.47 Å². The SMILES string of the molecule is Cc1ccc(/C=C\c2cc(O)cc(O)c2)cc1.Oc1cc(O)cc(/C=C\c2ccc(OC3OC[C@@H](O)[C@H](O)[C@H]3O)cc2)c1. The van der Waals surface area contributed by atoms with Crippen LogP contribution in [0, 0.1) is 6.92 Å². The normalized spacial score (nSPS) is 20.1. The number of phenolic OH excluding ortho intramolecular Hbond substituents is 4. The van der Waals surface area contributed by atoms with Crippen molar-refractivity contribution < 1.29 is 45.2 Å². The highest BCUT2D eigenvalue weighted by molar-refractivity contribution is 5.72. The molecule has 5 rings (SSSR count). The molecule has 7 N–H and O–H groups in total. The molecule has 1 aliphatic rings. The van der Waals surface area contributed by atoms with Gasteiger partial charge in [-0.1, -0.05) is 66.3 Å². The molecular formula is C34H34O9. The molecule has 4 aromatic carbocycles. The average Bonchev–Trinajstić information content (AvgIpc) is 2.96. The van der Waals surface area contributed by atoms with Crippen LogP contribution in [0.2, 0.25) is 0 Å². The Bertz CT molecular complexity index is 1510. The summed E-state index contributed by atoms with van der Waals surface area (Å²) in [5.74, 6) is 0.519. The molecule has 4 aromatic rings. The molecule has 0 aromatic heterocycles. The van der Waals surface area contributed by atoms with E-state index in [1.807, 2.05) is 43.3 Å². The minimum atomic E-state index is -1.35. The Morgan fingerprint density at radius 1 is 0.581 bits per heavy atom. The van der Waals surface area contributed by atoms with E-state index in [0.717, 1.165) is 16.7 Å². The summed E-state index contributed by atoms with van der Waals surface area (Å²) in [6.07, 6.45) is 2.44. The predicted molar refractivity (Wildman–Crippen MR) is 163 cm³/mol.